The maximum Gasteiger partial charge on any atom is 0.271 e. The zero-order chi connectivity index (χ0) is 18.1. The Morgan fingerprint density at radius 1 is 1.31 bits per heavy atom. The van der Waals surface area contributed by atoms with Crippen LogP contribution in [-0.4, -0.2) is 37.5 Å². The molecule has 6 heteroatoms. The normalized spacial score (nSPS) is 20.5. The Kier molecular flexibility index (Phi) is 4.42. The van der Waals surface area contributed by atoms with Crippen LogP contribution in [0.15, 0.2) is 48.9 Å². The second-order valence-corrected chi connectivity index (χ2v) is 7.09. The molecule has 1 saturated carbocycles. The second kappa shape index (κ2) is 6.88. The van der Waals surface area contributed by atoms with Crippen LogP contribution < -0.4 is 5.32 Å². The van der Waals surface area contributed by atoms with Crippen molar-refractivity contribution in [3.05, 3.63) is 65.9 Å². The Bertz CT molecular complexity index is 916. The van der Waals surface area contributed by atoms with E-state index in [1.807, 2.05) is 47.9 Å². The molecular formula is C20H22N4O2. The van der Waals surface area contributed by atoms with E-state index in [-0.39, 0.29) is 24.0 Å². The molecule has 2 N–H and O–H groups in total. The number of fused-ring (bicyclic) bond motifs is 1. The highest BCUT2D eigenvalue weighted by Crippen LogP contribution is 2.31. The van der Waals surface area contributed by atoms with Crippen molar-refractivity contribution in [3.63, 3.8) is 0 Å². The predicted molar refractivity (Wildman–Crippen MR) is 97.9 cm³/mol. The molecule has 1 aliphatic carbocycles. The SMILES string of the molecule is Cc1ccc2nc(C(=O)NC(Cc3ccccn3)C3CC(O)C3)cn2c1. The summed E-state index contributed by atoms with van der Waals surface area (Å²) >= 11 is 0. The smallest absolute Gasteiger partial charge is 0.271 e. The molecule has 0 aliphatic heterocycles. The van der Waals surface area contributed by atoms with Crippen molar-refractivity contribution < 1.29 is 9.90 Å². The van der Waals surface area contributed by atoms with Gasteiger partial charge in [0.05, 0.1) is 6.10 Å². The molecular weight excluding hydrogens is 328 g/mol. The van der Waals surface area contributed by atoms with Crippen LogP contribution >= 0.6 is 0 Å². The number of carbonyl (C=O) groups is 1. The number of aryl methyl sites for hydroxylation is 1. The van der Waals surface area contributed by atoms with Gasteiger partial charge in [-0.1, -0.05) is 12.1 Å². The van der Waals surface area contributed by atoms with Crippen LogP contribution in [0.3, 0.4) is 0 Å². The Labute approximate surface area is 151 Å². The van der Waals surface area contributed by atoms with Gasteiger partial charge in [-0.05, 0) is 49.4 Å². The molecule has 3 aromatic rings. The van der Waals surface area contributed by atoms with E-state index in [9.17, 15) is 9.90 Å². The third-order valence-electron chi connectivity index (χ3n) is 5.02. The van der Waals surface area contributed by atoms with Gasteiger partial charge >= 0.3 is 0 Å². The zero-order valence-electron chi connectivity index (χ0n) is 14.7. The van der Waals surface area contributed by atoms with E-state index in [4.69, 9.17) is 0 Å². The topological polar surface area (TPSA) is 79.5 Å². The minimum atomic E-state index is -0.263. The molecule has 0 radical (unpaired) electrons. The van der Waals surface area contributed by atoms with Gasteiger partial charge in [-0.15, -0.1) is 0 Å². The zero-order valence-corrected chi connectivity index (χ0v) is 14.7. The summed E-state index contributed by atoms with van der Waals surface area (Å²) in [5.74, 6) is 0.0731. The van der Waals surface area contributed by atoms with E-state index in [1.165, 1.54) is 0 Å². The van der Waals surface area contributed by atoms with Crippen LogP contribution in [-0.2, 0) is 6.42 Å². The third-order valence-corrected chi connectivity index (χ3v) is 5.02. The van der Waals surface area contributed by atoms with Crippen molar-refractivity contribution in [2.24, 2.45) is 5.92 Å². The number of aliphatic hydroxyl groups excluding tert-OH is 1. The summed E-state index contributed by atoms with van der Waals surface area (Å²) in [4.78, 5) is 21.5. The highest BCUT2D eigenvalue weighted by Gasteiger charge is 2.35. The van der Waals surface area contributed by atoms with Crippen molar-refractivity contribution in [2.75, 3.05) is 0 Å². The van der Waals surface area contributed by atoms with Crippen LogP contribution in [0, 0.1) is 12.8 Å². The van der Waals surface area contributed by atoms with Crippen molar-refractivity contribution in [1.29, 1.82) is 0 Å². The van der Waals surface area contributed by atoms with Gasteiger partial charge in [0.2, 0.25) is 0 Å². The van der Waals surface area contributed by atoms with E-state index < -0.39 is 0 Å². The number of nitrogens with one attached hydrogen (secondary N) is 1. The Balaban J connectivity index is 1.52. The first-order chi connectivity index (χ1) is 12.6. The van der Waals surface area contributed by atoms with E-state index in [1.54, 1.807) is 12.4 Å². The second-order valence-electron chi connectivity index (χ2n) is 7.09. The van der Waals surface area contributed by atoms with Crippen molar-refractivity contribution >= 4 is 11.6 Å². The molecule has 1 amide bonds. The number of hydrogen-bond acceptors (Lipinski definition) is 4. The summed E-state index contributed by atoms with van der Waals surface area (Å²) in [5.41, 5.74) is 3.20. The van der Waals surface area contributed by atoms with Crippen LogP contribution in [0.2, 0.25) is 0 Å². The molecule has 26 heavy (non-hydrogen) atoms. The molecule has 4 rings (SSSR count). The van der Waals surface area contributed by atoms with Gasteiger partial charge < -0.3 is 14.8 Å². The minimum absolute atomic E-state index is 0.0626. The number of imidazole rings is 1. The van der Waals surface area contributed by atoms with Gasteiger partial charge in [0.15, 0.2) is 0 Å². The summed E-state index contributed by atoms with van der Waals surface area (Å²) in [6.07, 6.45) is 7.27. The summed E-state index contributed by atoms with van der Waals surface area (Å²) in [5, 5.41) is 12.8. The maximum atomic E-state index is 12.8. The number of aromatic nitrogens is 3. The molecule has 134 valence electrons. The van der Waals surface area contributed by atoms with Gasteiger partial charge in [-0.3, -0.25) is 9.78 Å². The Morgan fingerprint density at radius 3 is 2.88 bits per heavy atom. The fourth-order valence-electron chi connectivity index (χ4n) is 3.49. The van der Waals surface area contributed by atoms with E-state index in [0.29, 0.717) is 25.0 Å². The van der Waals surface area contributed by atoms with Gasteiger partial charge in [0.1, 0.15) is 11.3 Å². The first-order valence-corrected chi connectivity index (χ1v) is 8.92. The number of nitrogens with zero attached hydrogens (tertiary/aromatic N) is 3. The van der Waals surface area contributed by atoms with Gasteiger partial charge in [-0.25, -0.2) is 4.98 Å². The average Bonchev–Trinajstić information content (AvgIpc) is 3.02. The van der Waals surface area contributed by atoms with Crippen molar-refractivity contribution in [3.8, 4) is 0 Å². The van der Waals surface area contributed by atoms with E-state index >= 15 is 0 Å². The highest BCUT2D eigenvalue weighted by molar-refractivity contribution is 5.93. The number of hydrogen-bond donors (Lipinski definition) is 2. The molecule has 0 spiro atoms. The molecule has 3 heterocycles. The Hall–Kier alpha value is -2.73. The third kappa shape index (κ3) is 3.46. The first-order valence-electron chi connectivity index (χ1n) is 8.92. The number of pyridine rings is 2. The number of rotatable bonds is 5. The summed E-state index contributed by atoms with van der Waals surface area (Å²) < 4.78 is 1.87. The maximum absolute atomic E-state index is 12.8. The lowest BCUT2D eigenvalue weighted by atomic mass is 9.76. The monoisotopic (exact) mass is 350 g/mol. The van der Waals surface area contributed by atoms with Gasteiger partial charge in [0, 0.05) is 36.7 Å². The van der Waals surface area contributed by atoms with Crippen molar-refractivity contribution in [1.82, 2.24) is 19.7 Å². The first kappa shape index (κ1) is 16.7. The lowest BCUT2D eigenvalue weighted by Crippen LogP contribution is -2.48. The van der Waals surface area contributed by atoms with E-state index in [2.05, 4.69) is 15.3 Å². The Morgan fingerprint density at radius 2 is 2.15 bits per heavy atom. The van der Waals surface area contributed by atoms with Gasteiger partial charge in [0.25, 0.3) is 5.91 Å². The molecule has 0 bridgehead atoms. The van der Waals surface area contributed by atoms with E-state index in [0.717, 1.165) is 16.9 Å². The van der Waals surface area contributed by atoms with Crippen molar-refractivity contribution in [2.45, 2.75) is 38.3 Å². The van der Waals surface area contributed by atoms with Crippen LogP contribution in [0.5, 0.6) is 0 Å². The quantitative estimate of drug-likeness (QED) is 0.739. The molecule has 6 nitrogen and oxygen atoms in total. The molecule has 1 fully saturated rings. The molecule has 1 aliphatic rings. The lowest BCUT2D eigenvalue weighted by molar-refractivity contribution is 0.0237. The fourth-order valence-corrected chi connectivity index (χ4v) is 3.49. The van der Waals surface area contributed by atoms with Crippen LogP contribution in [0.25, 0.3) is 5.65 Å². The lowest BCUT2D eigenvalue weighted by Gasteiger charge is -2.37. The molecule has 0 aromatic carbocycles. The van der Waals surface area contributed by atoms with Crippen LogP contribution in [0.4, 0.5) is 0 Å². The number of carbonyl (C=O) groups excluding carboxylic acids is 1. The largest absolute Gasteiger partial charge is 0.393 e. The number of aliphatic hydroxyl groups is 1. The molecule has 1 atom stereocenters. The van der Waals surface area contributed by atoms with Gasteiger partial charge in [-0.2, -0.15) is 0 Å². The summed E-state index contributed by atoms with van der Waals surface area (Å²) in [6.45, 7) is 2.00. The summed E-state index contributed by atoms with van der Waals surface area (Å²) in [6, 6.07) is 9.60. The standard InChI is InChI=1S/C20H22N4O2/c1-13-5-6-19-22-18(12-24(19)11-13)20(26)23-17(14-8-16(25)9-14)10-15-4-2-3-7-21-15/h2-7,11-12,14,16-17,25H,8-10H2,1H3,(H,23,26). The molecule has 0 saturated heterocycles. The number of amides is 1. The summed E-state index contributed by atoms with van der Waals surface area (Å²) in [7, 11) is 0. The molecule has 3 aromatic heterocycles. The minimum Gasteiger partial charge on any atom is -0.393 e. The average molecular weight is 350 g/mol. The highest BCUT2D eigenvalue weighted by atomic mass is 16.3. The fraction of sp³-hybridized carbons (Fsp3) is 0.350. The predicted octanol–water partition coefficient (Wildman–Crippen LogP) is 2.15. The molecule has 1 unspecified atom stereocenters. The van der Waals surface area contributed by atoms with Crippen LogP contribution in [0.1, 0.15) is 34.6 Å².